The first kappa shape index (κ1) is 12.0. The molecule has 0 amide bonds. The molecule has 0 aliphatic carbocycles. The molecule has 2 N–H and O–H groups in total. The molecular formula is C14H13ClN4. The average molecular weight is 273 g/mol. The van der Waals surface area contributed by atoms with Crippen molar-refractivity contribution in [2.45, 2.75) is 13.5 Å². The number of hydrogen-bond acceptors (Lipinski definition) is 3. The third-order valence-electron chi connectivity index (χ3n) is 3.06. The number of aromatic nitrogens is 3. The van der Waals surface area contributed by atoms with Crippen LogP contribution in [0.2, 0.25) is 5.02 Å². The number of rotatable bonds is 2. The van der Waals surface area contributed by atoms with Crippen molar-refractivity contribution in [2.75, 3.05) is 5.73 Å². The van der Waals surface area contributed by atoms with E-state index >= 15 is 0 Å². The number of benzene rings is 1. The highest BCUT2D eigenvalue weighted by Gasteiger charge is 2.09. The minimum atomic E-state index is 0.602. The first-order valence-electron chi connectivity index (χ1n) is 5.96. The maximum absolute atomic E-state index is 5.93. The number of imidazole rings is 1. The molecule has 0 unspecified atom stereocenters. The number of nitrogen functional groups attached to an aromatic ring is 1. The van der Waals surface area contributed by atoms with Gasteiger partial charge < -0.3 is 10.3 Å². The van der Waals surface area contributed by atoms with Crippen LogP contribution in [0.25, 0.3) is 11.2 Å². The Kier molecular flexibility index (Phi) is 2.87. The summed E-state index contributed by atoms with van der Waals surface area (Å²) in [6.07, 6.45) is 1.64. The van der Waals surface area contributed by atoms with Crippen molar-refractivity contribution in [1.29, 1.82) is 0 Å². The summed E-state index contributed by atoms with van der Waals surface area (Å²) in [5, 5.41) is 0.602. The molecule has 19 heavy (non-hydrogen) atoms. The molecule has 0 aliphatic rings. The second-order valence-electron chi connectivity index (χ2n) is 4.48. The second kappa shape index (κ2) is 4.55. The molecule has 0 saturated carbocycles. The predicted molar refractivity (Wildman–Crippen MR) is 77.2 cm³/mol. The van der Waals surface area contributed by atoms with Gasteiger partial charge in [0.25, 0.3) is 0 Å². The van der Waals surface area contributed by atoms with E-state index in [-0.39, 0.29) is 0 Å². The van der Waals surface area contributed by atoms with Crippen molar-refractivity contribution in [3.8, 4) is 0 Å². The lowest BCUT2D eigenvalue weighted by molar-refractivity contribution is 0.777. The highest BCUT2D eigenvalue weighted by molar-refractivity contribution is 6.31. The summed E-state index contributed by atoms with van der Waals surface area (Å²) in [4.78, 5) is 8.84. The molecule has 0 bridgehead atoms. The van der Waals surface area contributed by atoms with Gasteiger partial charge in [-0.1, -0.05) is 23.7 Å². The first-order chi connectivity index (χ1) is 9.13. The van der Waals surface area contributed by atoms with E-state index in [1.807, 2.05) is 37.3 Å². The zero-order valence-corrected chi connectivity index (χ0v) is 11.2. The van der Waals surface area contributed by atoms with Crippen molar-refractivity contribution >= 4 is 28.5 Å². The smallest absolute Gasteiger partial charge is 0.160 e. The molecule has 2 aromatic heterocycles. The van der Waals surface area contributed by atoms with Gasteiger partial charge in [0.1, 0.15) is 11.3 Å². The van der Waals surface area contributed by atoms with Gasteiger partial charge in [0.05, 0.1) is 11.6 Å². The van der Waals surface area contributed by atoms with Crippen LogP contribution in [0.1, 0.15) is 11.4 Å². The molecule has 2 heterocycles. The van der Waals surface area contributed by atoms with Gasteiger partial charge in [-0.2, -0.15) is 0 Å². The van der Waals surface area contributed by atoms with Gasteiger partial charge in [-0.3, -0.25) is 0 Å². The fourth-order valence-electron chi connectivity index (χ4n) is 2.09. The van der Waals surface area contributed by atoms with Crippen LogP contribution in [-0.2, 0) is 6.54 Å². The van der Waals surface area contributed by atoms with Gasteiger partial charge in [0.2, 0.25) is 0 Å². The number of hydrogen-bond donors (Lipinski definition) is 1. The number of anilines is 1. The van der Waals surface area contributed by atoms with Gasteiger partial charge >= 0.3 is 0 Å². The molecule has 5 heteroatoms. The molecule has 96 valence electrons. The van der Waals surface area contributed by atoms with E-state index in [1.54, 1.807) is 6.20 Å². The Balaban J connectivity index is 2.05. The number of aryl methyl sites for hydroxylation is 1. The first-order valence-corrected chi connectivity index (χ1v) is 6.34. The van der Waals surface area contributed by atoms with Crippen LogP contribution in [0.15, 0.2) is 36.5 Å². The largest absolute Gasteiger partial charge is 0.399 e. The summed E-state index contributed by atoms with van der Waals surface area (Å²) in [6.45, 7) is 2.68. The summed E-state index contributed by atoms with van der Waals surface area (Å²) < 4.78 is 2.07. The van der Waals surface area contributed by atoms with E-state index < -0.39 is 0 Å². The van der Waals surface area contributed by atoms with Crippen molar-refractivity contribution in [1.82, 2.24) is 14.5 Å². The molecule has 4 nitrogen and oxygen atoms in total. The van der Waals surface area contributed by atoms with Crippen molar-refractivity contribution in [3.63, 3.8) is 0 Å². The van der Waals surface area contributed by atoms with E-state index in [0.717, 1.165) is 34.8 Å². The van der Waals surface area contributed by atoms with Gasteiger partial charge in [0, 0.05) is 11.9 Å². The fourth-order valence-corrected chi connectivity index (χ4v) is 2.25. The van der Waals surface area contributed by atoms with Crippen molar-refractivity contribution in [2.24, 2.45) is 0 Å². The minimum Gasteiger partial charge on any atom is -0.399 e. The second-order valence-corrected chi connectivity index (χ2v) is 4.92. The lowest BCUT2D eigenvalue weighted by Crippen LogP contribution is -2.03. The Bertz CT molecular complexity index is 731. The molecule has 0 atom stereocenters. The zero-order valence-electron chi connectivity index (χ0n) is 10.5. The molecule has 0 spiro atoms. The van der Waals surface area contributed by atoms with Crippen LogP contribution in [0.4, 0.5) is 5.69 Å². The normalized spacial score (nSPS) is 11.1. The standard InChI is InChI=1S/C14H13ClN4/c1-9-18-13-6-11(15)7-17-14(13)19(9)8-10-2-4-12(16)5-3-10/h2-7H,8,16H2,1H3. The van der Waals surface area contributed by atoms with Crippen LogP contribution in [0.3, 0.4) is 0 Å². The lowest BCUT2D eigenvalue weighted by atomic mass is 10.2. The predicted octanol–water partition coefficient (Wildman–Crippen LogP) is 3.02. The quantitative estimate of drug-likeness (QED) is 0.730. The monoisotopic (exact) mass is 272 g/mol. The van der Waals surface area contributed by atoms with Gasteiger partial charge in [-0.05, 0) is 30.7 Å². The number of nitrogens with two attached hydrogens (primary N) is 1. The Labute approximate surface area is 115 Å². The maximum atomic E-state index is 5.93. The Hall–Kier alpha value is -2.07. The number of halogens is 1. The Morgan fingerprint density at radius 2 is 2.00 bits per heavy atom. The summed E-state index contributed by atoms with van der Waals surface area (Å²) in [5.41, 5.74) is 9.28. The summed E-state index contributed by atoms with van der Waals surface area (Å²) >= 11 is 5.93. The Morgan fingerprint density at radius 1 is 1.26 bits per heavy atom. The van der Waals surface area contributed by atoms with Gasteiger partial charge in [-0.25, -0.2) is 9.97 Å². The summed E-state index contributed by atoms with van der Waals surface area (Å²) in [5.74, 6) is 0.918. The molecule has 1 aromatic carbocycles. The molecule has 0 saturated heterocycles. The average Bonchev–Trinajstić information content (AvgIpc) is 2.68. The van der Waals surface area contributed by atoms with Gasteiger partial charge in [-0.15, -0.1) is 0 Å². The SMILES string of the molecule is Cc1nc2cc(Cl)cnc2n1Cc1ccc(N)cc1. The number of nitrogens with zero attached hydrogens (tertiary/aromatic N) is 3. The molecule has 0 aliphatic heterocycles. The van der Waals surface area contributed by atoms with Crippen LogP contribution in [-0.4, -0.2) is 14.5 Å². The molecular weight excluding hydrogens is 260 g/mol. The van der Waals surface area contributed by atoms with Gasteiger partial charge in [0.15, 0.2) is 5.65 Å². The van der Waals surface area contributed by atoms with Crippen molar-refractivity contribution < 1.29 is 0 Å². The highest BCUT2D eigenvalue weighted by atomic mass is 35.5. The van der Waals surface area contributed by atoms with E-state index in [1.165, 1.54) is 0 Å². The summed E-state index contributed by atoms with van der Waals surface area (Å²) in [6, 6.07) is 9.64. The third kappa shape index (κ3) is 2.27. The van der Waals surface area contributed by atoms with E-state index in [4.69, 9.17) is 17.3 Å². The maximum Gasteiger partial charge on any atom is 0.160 e. The minimum absolute atomic E-state index is 0.602. The molecule has 3 aromatic rings. The molecule has 3 rings (SSSR count). The highest BCUT2D eigenvalue weighted by Crippen LogP contribution is 2.19. The van der Waals surface area contributed by atoms with E-state index in [9.17, 15) is 0 Å². The number of pyridine rings is 1. The topological polar surface area (TPSA) is 56.7 Å². The summed E-state index contributed by atoms with van der Waals surface area (Å²) in [7, 11) is 0. The fraction of sp³-hybridized carbons (Fsp3) is 0.143. The zero-order chi connectivity index (χ0) is 13.4. The van der Waals surface area contributed by atoms with E-state index in [2.05, 4.69) is 14.5 Å². The number of fused-ring (bicyclic) bond motifs is 1. The lowest BCUT2D eigenvalue weighted by Gasteiger charge is -2.06. The van der Waals surface area contributed by atoms with Crippen molar-refractivity contribution in [3.05, 3.63) is 52.9 Å². The van der Waals surface area contributed by atoms with E-state index in [0.29, 0.717) is 5.02 Å². The third-order valence-corrected chi connectivity index (χ3v) is 3.27. The van der Waals surface area contributed by atoms with Crippen LogP contribution >= 0.6 is 11.6 Å². The van der Waals surface area contributed by atoms with Crippen LogP contribution in [0.5, 0.6) is 0 Å². The van der Waals surface area contributed by atoms with Crippen LogP contribution in [0, 0.1) is 6.92 Å². The molecule has 0 fully saturated rings. The van der Waals surface area contributed by atoms with Crippen LogP contribution < -0.4 is 5.73 Å². The Morgan fingerprint density at radius 3 is 2.74 bits per heavy atom. The molecule has 0 radical (unpaired) electrons.